The van der Waals surface area contributed by atoms with Gasteiger partial charge in [-0.2, -0.15) is 0 Å². The molecule has 0 bridgehead atoms. The molecule has 0 saturated carbocycles. The van der Waals surface area contributed by atoms with Crippen LogP contribution < -0.4 is 0 Å². The Morgan fingerprint density at radius 2 is 0.821 bits per heavy atom. The summed E-state index contributed by atoms with van der Waals surface area (Å²) in [7, 11) is 0. The van der Waals surface area contributed by atoms with Crippen LogP contribution in [0, 0.1) is 0 Å². The van der Waals surface area contributed by atoms with E-state index in [4.69, 9.17) is 0 Å². The standard InChI is InChI=1S/C24H28N4/c1-2-12-25(11-1)15-5-17-27-19-7-23(8-20-27)24-9-21-28(22-10-24)18-6-16-26-13-3-4-14-26/h1-4,7-14,19-22H,5-6,15-18H2. The van der Waals surface area contributed by atoms with E-state index in [1.165, 1.54) is 11.1 Å². The van der Waals surface area contributed by atoms with E-state index in [9.17, 15) is 0 Å². The normalized spacial score (nSPS) is 15.9. The summed E-state index contributed by atoms with van der Waals surface area (Å²) in [5, 5.41) is 0. The Morgan fingerprint density at radius 1 is 0.464 bits per heavy atom. The van der Waals surface area contributed by atoms with Crippen LogP contribution in [0.2, 0.25) is 0 Å². The van der Waals surface area contributed by atoms with Gasteiger partial charge in [0.05, 0.1) is 0 Å². The van der Waals surface area contributed by atoms with Crippen LogP contribution >= 0.6 is 0 Å². The molecule has 4 heteroatoms. The van der Waals surface area contributed by atoms with Crippen molar-refractivity contribution in [3.8, 4) is 0 Å². The average Bonchev–Trinajstić information content (AvgIpc) is 3.44. The molecule has 0 atom stereocenters. The molecule has 28 heavy (non-hydrogen) atoms. The van der Waals surface area contributed by atoms with Crippen molar-refractivity contribution in [1.82, 2.24) is 18.9 Å². The number of aromatic nitrogens is 2. The number of rotatable bonds is 8. The Morgan fingerprint density at radius 3 is 1.18 bits per heavy atom. The molecule has 0 N–H and O–H groups in total. The number of nitrogens with zero attached hydrogens (tertiary/aromatic N) is 4. The molecule has 0 fully saturated rings. The molecule has 2 aliphatic rings. The van der Waals surface area contributed by atoms with Crippen molar-refractivity contribution in [2.45, 2.75) is 25.9 Å². The molecule has 0 unspecified atom stereocenters. The molecule has 0 saturated heterocycles. The van der Waals surface area contributed by atoms with Gasteiger partial charge in [-0.05, 0) is 72.6 Å². The van der Waals surface area contributed by atoms with Gasteiger partial charge < -0.3 is 18.9 Å². The maximum atomic E-state index is 2.26. The third-order valence-electron chi connectivity index (χ3n) is 5.11. The van der Waals surface area contributed by atoms with Gasteiger partial charge >= 0.3 is 0 Å². The van der Waals surface area contributed by atoms with Crippen LogP contribution in [0.25, 0.3) is 0 Å². The summed E-state index contributed by atoms with van der Waals surface area (Å²) < 4.78 is 4.46. The molecule has 0 spiro atoms. The molecule has 2 aliphatic heterocycles. The van der Waals surface area contributed by atoms with E-state index < -0.39 is 0 Å². The molecule has 0 amide bonds. The van der Waals surface area contributed by atoms with Crippen molar-refractivity contribution in [1.29, 1.82) is 0 Å². The number of aryl methyl sites for hydroxylation is 2. The summed E-state index contributed by atoms with van der Waals surface area (Å²) in [5.74, 6) is 0. The number of allylic oxidation sites excluding steroid dienone is 6. The van der Waals surface area contributed by atoms with Crippen LogP contribution in [0.15, 0.2) is 109 Å². The smallest absolute Gasteiger partial charge is 0.0236 e. The first-order chi connectivity index (χ1) is 13.9. The fourth-order valence-electron chi connectivity index (χ4n) is 3.51. The van der Waals surface area contributed by atoms with Gasteiger partial charge in [-0.1, -0.05) is 0 Å². The van der Waals surface area contributed by atoms with Crippen LogP contribution in [0.5, 0.6) is 0 Å². The summed E-state index contributed by atoms with van der Waals surface area (Å²) >= 11 is 0. The molecule has 4 nitrogen and oxygen atoms in total. The first kappa shape index (κ1) is 18.2. The fraction of sp³-hybridized carbons (Fsp3) is 0.250. The largest absolute Gasteiger partial charge is 0.354 e. The number of hydrogen-bond acceptors (Lipinski definition) is 2. The van der Waals surface area contributed by atoms with Crippen molar-refractivity contribution >= 4 is 0 Å². The van der Waals surface area contributed by atoms with Gasteiger partial charge in [0.15, 0.2) is 0 Å². The minimum Gasteiger partial charge on any atom is -0.354 e. The lowest BCUT2D eigenvalue weighted by molar-refractivity contribution is 0.459. The zero-order valence-corrected chi connectivity index (χ0v) is 16.3. The van der Waals surface area contributed by atoms with Gasteiger partial charge in [-0.15, -0.1) is 0 Å². The van der Waals surface area contributed by atoms with Crippen molar-refractivity contribution in [3.63, 3.8) is 0 Å². The van der Waals surface area contributed by atoms with E-state index in [-0.39, 0.29) is 0 Å². The SMILES string of the molecule is C1=CN(CCCn2cccc2)C=CC1=C1C=CN(CCCn2cccc2)C=C1. The average molecular weight is 373 g/mol. The monoisotopic (exact) mass is 372 g/mol. The quantitative estimate of drug-likeness (QED) is 0.665. The van der Waals surface area contributed by atoms with Gasteiger partial charge in [0, 0.05) is 75.8 Å². The first-order valence-electron chi connectivity index (χ1n) is 10.1. The second-order valence-electron chi connectivity index (χ2n) is 7.20. The lowest BCUT2D eigenvalue weighted by atomic mass is 10.0. The summed E-state index contributed by atoms with van der Waals surface area (Å²) in [5.41, 5.74) is 2.53. The molecule has 0 radical (unpaired) electrons. The molecule has 0 aliphatic carbocycles. The van der Waals surface area contributed by atoms with Crippen molar-refractivity contribution in [2.24, 2.45) is 0 Å². The van der Waals surface area contributed by atoms with E-state index in [1.807, 2.05) is 0 Å². The van der Waals surface area contributed by atoms with E-state index in [2.05, 4.69) is 117 Å². The predicted octanol–water partition coefficient (Wildman–Crippen LogP) is 4.75. The zero-order chi connectivity index (χ0) is 19.0. The van der Waals surface area contributed by atoms with E-state index in [0.29, 0.717) is 0 Å². The molecule has 4 heterocycles. The zero-order valence-electron chi connectivity index (χ0n) is 16.3. The van der Waals surface area contributed by atoms with Crippen LogP contribution in [0.3, 0.4) is 0 Å². The highest BCUT2D eigenvalue weighted by atomic mass is 15.1. The minimum absolute atomic E-state index is 1.04. The molecule has 144 valence electrons. The highest BCUT2D eigenvalue weighted by Crippen LogP contribution is 2.20. The van der Waals surface area contributed by atoms with Gasteiger partial charge in [0.1, 0.15) is 0 Å². The predicted molar refractivity (Wildman–Crippen MR) is 115 cm³/mol. The molecule has 0 aromatic carbocycles. The van der Waals surface area contributed by atoms with Crippen molar-refractivity contribution in [3.05, 3.63) is 109 Å². The third-order valence-corrected chi connectivity index (χ3v) is 5.11. The highest BCUT2D eigenvalue weighted by molar-refractivity contribution is 5.48. The minimum atomic E-state index is 1.04. The van der Waals surface area contributed by atoms with Gasteiger partial charge in [0.2, 0.25) is 0 Å². The molecule has 2 aromatic heterocycles. The van der Waals surface area contributed by atoms with Crippen LogP contribution in [-0.4, -0.2) is 32.0 Å². The second-order valence-corrected chi connectivity index (χ2v) is 7.20. The Kier molecular flexibility index (Phi) is 5.98. The molecule has 4 rings (SSSR count). The maximum absolute atomic E-state index is 2.26. The first-order valence-corrected chi connectivity index (χ1v) is 10.1. The van der Waals surface area contributed by atoms with Crippen LogP contribution in [-0.2, 0) is 13.1 Å². The highest BCUT2D eigenvalue weighted by Gasteiger charge is 2.07. The summed E-state index contributed by atoms with van der Waals surface area (Å²) in [6, 6.07) is 8.31. The van der Waals surface area contributed by atoms with Crippen molar-refractivity contribution < 1.29 is 0 Å². The van der Waals surface area contributed by atoms with Gasteiger partial charge in [-0.25, -0.2) is 0 Å². The fourth-order valence-corrected chi connectivity index (χ4v) is 3.51. The van der Waals surface area contributed by atoms with Gasteiger partial charge in [0.25, 0.3) is 0 Å². The van der Waals surface area contributed by atoms with E-state index >= 15 is 0 Å². The second kappa shape index (κ2) is 9.18. The third kappa shape index (κ3) is 4.97. The summed E-state index contributed by atoms with van der Waals surface area (Å²) in [6.45, 7) is 4.19. The topological polar surface area (TPSA) is 16.3 Å². The lowest BCUT2D eigenvalue weighted by Crippen LogP contribution is -2.16. The Labute approximate surface area is 167 Å². The Balaban J connectivity index is 1.22. The summed E-state index contributed by atoms with van der Waals surface area (Å²) in [6.07, 6.45) is 28.3. The number of hydrogen-bond donors (Lipinski definition) is 0. The van der Waals surface area contributed by atoms with E-state index in [1.54, 1.807) is 0 Å². The molecular formula is C24H28N4. The Bertz CT molecular complexity index is 773. The van der Waals surface area contributed by atoms with E-state index in [0.717, 1.165) is 39.0 Å². The lowest BCUT2D eigenvalue weighted by Gasteiger charge is -2.22. The van der Waals surface area contributed by atoms with Gasteiger partial charge in [-0.3, -0.25) is 0 Å². The van der Waals surface area contributed by atoms with Crippen LogP contribution in [0.4, 0.5) is 0 Å². The molecular weight excluding hydrogens is 344 g/mol. The Hall–Kier alpha value is -3.14. The summed E-state index contributed by atoms with van der Waals surface area (Å²) in [4.78, 5) is 4.52. The maximum Gasteiger partial charge on any atom is 0.0236 e. The van der Waals surface area contributed by atoms with Crippen molar-refractivity contribution in [2.75, 3.05) is 13.1 Å². The van der Waals surface area contributed by atoms with Crippen LogP contribution in [0.1, 0.15) is 12.8 Å². The molecule has 2 aromatic rings.